The van der Waals surface area contributed by atoms with Gasteiger partial charge in [0, 0.05) is 33.3 Å². The summed E-state index contributed by atoms with van der Waals surface area (Å²) >= 11 is 0. The first-order valence-electron chi connectivity index (χ1n) is 4.83. The first-order valence-corrected chi connectivity index (χ1v) is 4.83. The van der Waals surface area contributed by atoms with Gasteiger partial charge >= 0.3 is 0 Å². The lowest BCUT2D eigenvalue weighted by Crippen LogP contribution is -2.48. The molecule has 1 fully saturated rings. The van der Waals surface area contributed by atoms with Gasteiger partial charge in [-0.3, -0.25) is 9.69 Å². The van der Waals surface area contributed by atoms with Gasteiger partial charge in [-0.15, -0.1) is 0 Å². The van der Waals surface area contributed by atoms with Gasteiger partial charge in [-0.2, -0.15) is 0 Å². The number of morpholine rings is 1. The number of Topliss-reactive ketones (excluding diaryl/α,β-unsaturated/α-hetero) is 1. The maximum Gasteiger partial charge on any atom is 0.188 e. The summed E-state index contributed by atoms with van der Waals surface area (Å²) in [5, 5.41) is 0. The fourth-order valence-electron chi connectivity index (χ4n) is 1.52. The SMILES string of the molecule is COCC(=O)C1CN(CCN)CCO1. The zero-order chi connectivity index (χ0) is 10.4. The van der Waals surface area contributed by atoms with Crippen LogP contribution in [0.1, 0.15) is 0 Å². The number of nitrogens with two attached hydrogens (primary N) is 1. The number of rotatable bonds is 5. The molecule has 1 atom stereocenters. The van der Waals surface area contributed by atoms with Crippen molar-refractivity contribution in [1.29, 1.82) is 0 Å². The molecule has 1 saturated heterocycles. The van der Waals surface area contributed by atoms with E-state index in [1.807, 2.05) is 0 Å². The Morgan fingerprint density at radius 3 is 3.14 bits per heavy atom. The Kier molecular flexibility index (Phi) is 5.03. The molecule has 0 amide bonds. The maximum atomic E-state index is 11.4. The Labute approximate surface area is 84.1 Å². The highest BCUT2D eigenvalue weighted by molar-refractivity contribution is 5.84. The molecule has 0 saturated carbocycles. The van der Waals surface area contributed by atoms with E-state index < -0.39 is 0 Å². The van der Waals surface area contributed by atoms with E-state index in [1.54, 1.807) is 0 Å². The highest BCUT2D eigenvalue weighted by atomic mass is 16.5. The summed E-state index contributed by atoms with van der Waals surface area (Å²) in [6, 6.07) is 0. The van der Waals surface area contributed by atoms with E-state index >= 15 is 0 Å². The molecule has 0 radical (unpaired) electrons. The fourth-order valence-corrected chi connectivity index (χ4v) is 1.52. The topological polar surface area (TPSA) is 64.8 Å². The molecule has 0 spiro atoms. The van der Waals surface area contributed by atoms with E-state index in [1.165, 1.54) is 7.11 Å². The highest BCUT2D eigenvalue weighted by Crippen LogP contribution is 2.05. The molecule has 14 heavy (non-hydrogen) atoms. The molecule has 0 aromatic heterocycles. The minimum atomic E-state index is -0.338. The predicted molar refractivity (Wildman–Crippen MR) is 52.1 cm³/mol. The summed E-state index contributed by atoms with van der Waals surface area (Å²) in [6.45, 7) is 3.65. The van der Waals surface area contributed by atoms with Gasteiger partial charge < -0.3 is 15.2 Å². The van der Waals surface area contributed by atoms with Crippen molar-refractivity contribution in [2.24, 2.45) is 5.73 Å². The number of hydrogen-bond donors (Lipinski definition) is 1. The van der Waals surface area contributed by atoms with Crippen LogP contribution in [0.4, 0.5) is 0 Å². The zero-order valence-corrected chi connectivity index (χ0v) is 8.57. The molecule has 1 rings (SSSR count). The first-order chi connectivity index (χ1) is 6.77. The van der Waals surface area contributed by atoms with Gasteiger partial charge in [0.2, 0.25) is 0 Å². The van der Waals surface area contributed by atoms with Crippen molar-refractivity contribution in [2.75, 3.05) is 46.5 Å². The molecular weight excluding hydrogens is 184 g/mol. The van der Waals surface area contributed by atoms with E-state index in [0.29, 0.717) is 19.7 Å². The minimum absolute atomic E-state index is 0.00854. The van der Waals surface area contributed by atoms with Crippen molar-refractivity contribution in [3.8, 4) is 0 Å². The van der Waals surface area contributed by atoms with Crippen LogP contribution in [0.25, 0.3) is 0 Å². The average molecular weight is 202 g/mol. The Bertz CT molecular complexity index is 185. The van der Waals surface area contributed by atoms with Gasteiger partial charge in [0.15, 0.2) is 5.78 Å². The molecule has 82 valence electrons. The number of methoxy groups -OCH3 is 1. The lowest BCUT2D eigenvalue weighted by atomic mass is 10.2. The summed E-state index contributed by atoms with van der Waals surface area (Å²) in [5.41, 5.74) is 5.45. The lowest BCUT2D eigenvalue weighted by Gasteiger charge is -2.31. The van der Waals surface area contributed by atoms with Crippen molar-refractivity contribution in [1.82, 2.24) is 4.90 Å². The normalized spacial score (nSPS) is 23.7. The third-order valence-corrected chi connectivity index (χ3v) is 2.24. The Morgan fingerprint density at radius 1 is 1.71 bits per heavy atom. The second kappa shape index (κ2) is 6.08. The van der Waals surface area contributed by atoms with Crippen LogP contribution in [0.5, 0.6) is 0 Å². The molecule has 5 heteroatoms. The van der Waals surface area contributed by atoms with E-state index in [2.05, 4.69) is 4.90 Å². The van der Waals surface area contributed by atoms with Gasteiger partial charge in [-0.25, -0.2) is 0 Å². The van der Waals surface area contributed by atoms with Gasteiger partial charge in [-0.1, -0.05) is 0 Å². The number of ketones is 1. The summed E-state index contributed by atoms with van der Waals surface area (Å²) in [5.74, 6) is 0.00854. The molecule has 2 N–H and O–H groups in total. The molecule has 0 aromatic rings. The van der Waals surface area contributed by atoms with Crippen molar-refractivity contribution in [3.05, 3.63) is 0 Å². The number of carbonyl (C=O) groups is 1. The first kappa shape index (κ1) is 11.6. The fraction of sp³-hybridized carbons (Fsp3) is 0.889. The van der Waals surface area contributed by atoms with Crippen LogP contribution >= 0.6 is 0 Å². The zero-order valence-electron chi connectivity index (χ0n) is 8.57. The van der Waals surface area contributed by atoms with Crippen LogP contribution in [0.15, 0.2) is 0 Å². The molecule has 0 aliphatic carbocycles. The van der Waals surface area contributed by atoms with Crippen LogP contribution < -0.4 is 5.73 Å². The standard InChI is InChI=1S/C9H18N2O3/c1-13-7-8(12)9-6-11(3-2-10)4-5-14-9/h9H,2-7,10H2,1H3. The van der Waals surface area contributed by atoms with Gasteiger partial charge in [0.1, 0.15) is 12.7 Å². The number of hydrogen-bond acceptors (Lipinski definition) is 5. The molecule has 5 nitrogen and oxygen atoms in total. The van der Waals surface area contributed by atoms with Crippen LogP contribution in [0, 0.1) is 0 Å². The smallest absolute Gasteiger partial charge is 0.188 e. The molecule has 0 bridgehead atoms. The summed E-state index contributed by atoms with van der Waals surface area (Å²) in [7, 11) is 1.51. The monoisotopic (exact) mass is 202 g/mol. The third kappa shape index (κ3) is 3.34. The number of ether oxygens (including phenoxy) is 2. The minimum Gasteiger partial charge on any atom is -0.377 e. The molecular formula is C9H18N2O3. The molecule has 1 aliphatic rings. The largest absolute Gasteiger partial charge is 0.377 e. The Balaban J connectivity index is 2.35. The van der Waals surface area contributed by atoms with Crippen molar-refractivity contribution < 1.29 is 14.3 Å². The van der Waals surface area contributed by atoms with Crippen molar-refractivity contribution >= 4 is 5.78 Å². The van der Waals surface area contributed by atoms with Crippen LogP contribution in [0.3, 0.4) is 0 Å². The van der Waals surface area contributed by atoms with E-state index in [4.69, 9.17) is 15.2 Å². The van der Waals surface area contributed by atoms with Crippen LogP contribution in [-0.4, -0.2) is 63.3 Å². The van der Waals surface area contributed by atoms with E-state index in [9.17, 15) is 4.79 Å². The van der Waals surface area contributed by atoms with Crippen LogP contribution in [-0.2, 0) is 14.3 Å². The van der Waals surface area contributed by atoms with Crippen LogP contribution in [0.2, 0.25) is 0 Å². The van der Waals surface area contributed by atoms with Gasteiger partial charge in [-0.05, 0) is 0 Å². The van der Waals surface area contributed by atoms with Gasteiger partial charge in [0.05, 0.1) is 6.61 Å². The summed E-state index contributed by atoms with van der Waals surface area (Å²) in [4.78, 5) is 13.6. The van der Waals surface area contributed by atoms with Crippen molar-refractivity contribution in [3.63, 3.8) is 0 Å². The predicted octanol–water partition coefficient (Wildman–Crippen LogP) is -1.14. The van der Waals surface area contributed by atoms with E-state index in [-0.39, 0.29) is 18.5 Å². The maximum absolute atomic E-state index is 11.4. The second-order valence-corrected chi connectivity index (χ2v) is 3.35. The Morgan fingerprint density at radius 2 is 2.50 bits per heavy atom. The number of carbonyl (C=O) groups excluding carboxylic acids is 1. The molecule has 0 aromatic carbocycles. The summed E-state index contributed by atoms with van der Waals surface area (Å²) in [6.07, 6.45) is -0.338. The summed E-state index contributed by atoms with van der Waals surface area (Å²) < 4.78 is 10.1. The molecule has 1 heterocycles. The number of nitrogens with zero attached hydrogens (tertiary/aromatic N) is 1. The average Bonchev–Trinajstić information content (AvgIpc) is 2.19. The van der Waals surface area contributed by atoms with E-state index in [0.717, 1.165) is 13.1 Å². The second-order valence-electron chi connectivity index (χ2n) is 3.35. The Hall–Kier alpha value is -0.490. The molecule has 1 unspecified atom stereocenters. The van der Waals surface area contributed by atoms with Gasteiger partial charge in [0.25, 0.3) is 0 Å². The van der Waals surface area contributed by atoms with Crippen molar-refractivity contribution in [2.45, 2.75) is 6.10 Å². The lowest BCUT2D eigenvalue weighted by molar-refractivity contribution is -0.139. The quantitative estimate of drug-likeness (QED) is 0.610. The highest BCUT2D eigenvalue weighted by Gasteiger charge is 2.25. The third-order valence-electron chi connectivity index (χ3n) is 2.24. The molecule has 1 aliphatic heterocycles.